The highest BCUT2D eigenvalue weighted by atomic mass is 79.9. The number of rotatable bonds is 5. The molecule has 1 rings (SSSR count). The van der Waals surface area contributed by atoms with Crippen molar-refractivity contribution in [2.24, 2.45) is 0 Å². The fraction of sp³-hybridized carbons (Fsp3) is 0.333. The number of ether oxygens (including phenoxy) is 1. The molecule has 1 heterocycles. The second-order valence-electron chi connectivity index (χ2n) is 2.52. The van der Waals surface area contributed by atoms with Crippen molar-refractivity contribution in [3.05, 3.63) is 23.3 Å². The molecule has 0 unspecified atom stereocenters. The number of nitrogens with zero attached hydrogens (tertiary/aromatic N) is 2. The number of hydrogen-bond donors (Lipinski definition) is 1. The summed E-state index contributed by atoms with van der Waals surface area (Å²) in [6, 6.07) is 0. The molecule has 4 nitrogen and oxygen atoms in total. The van der Waals surface area contributed by atoms with E-state index in [2.05, 4.69) is 37.8 Å². The third kappa shape index (κ3) is 2.99. The Hall–Kier alpha value is -1.10. The molecule has 0 spiro atoms. The van der Waals surface area contributed by atoms with Crippen molar-refractivity contribution in [1.82, 2.24) is 9.97 Å². The topological polar surface area (TPSA) is 47.0 Å². The van der Waals surface area contributed by atoms with Crippen molar-refractivity contribution in [2.45, 2.75) is 6.42 Å². The van der Waals surface area contributed by atoms with Gasteiger partial charge < -0.3 is 10.1 Å². The molecule has 0 aromatic carbocycles. The summed E-state index contributed by atoms with van der Waals surface area (Å²) in [7, 11) is 1.76. The summed E-state index contributed by atoms with van der Waals surface area (Å²) in [6.07, 6.45) is 4.25. The Morgan fingerprint density at radius 1 is 1.71 bits per heavy atom. The van der Waals surface area contributed by atoms with Crippen LogP contribution < -0.4 is 10.1 Å². The molecule has 0 radical (unpaired) electrons. The molecule has 0 aliphatic heterocycles. The predicted molar refractivity (Wildman–Crippen MR) is 59.6 cm³/mol. The Bertz CT molecular complexity index is 317. The highest BCUT2D eigenvalue weighted by Gasteiger charge is 2.04. The summed E-state index contributed by atoms with van der Waals surface area (Å²) >= 11 is 3.31. The first kappa shape index (κ1) is 11.0. The number of aromatic nitrogens is 2. The minimum absolute atomic E-state index is 0.543. The van der Waals surface area contributed by atoms with Crippen molar-refractivity contribution in [1.29, 1.82) is 0 Å². The lowest BCUT2D eigenvalue weighted by Crippen LogP contribution is -2.02. The summed E-state index contributed by atoms with van der Waals surface area (Å²) < 4.78 is 6.16. The Kier molecular flexibility index (Phi) is 4.39. The fourth-order valence-electron chi connectivity index (χ4n) is 0.812. The molecule has 1 N–H and O–H groups in total. The van der Waals surface area contributed by atoms with Gasteiger partial charge in [0.1, 0.15) is 0 Å². The molecule has 0 amide bonds. The molecular formula is C9H12BrN3O. The maximum atomic E-state index is 5.41. The van der Waals surface area contributed by atoms with Crippen LogP contribution in [0, 0.1) is 0 Å². The lowest BCUT2D eigenvalue weighted by molar-refractivity contribution is 0.310. The lowest BCUT2D eigenvalue weighted by atomic mass is 10.4. The van der Waals surface area contributed by atoms with Crippen LogP contribution in [-0.4, -0.2) is 23.6 Å². The van der Waals surface area contributed by atoms with Gasteiger partial charge in [-0.1, -0.05) is 6.08 Å². The van der Waals surface area contributed by atoms with Crippen LogP contribution >= 0.6 is 15.9 Å². The summed E-state index contributed by atoms with van der Waals surface area (Å²) in [4.78, 5) is 8.15. The predicted octanol–water partition coefficient (Wildman–Crippen LogP) is 2.24. The maximum absolute atomic E-state index is 5.41. The van der Waals surface area contributed by atoms with Crippen LogP contribution in [0.1, 0.15) is 6.42 Å². The highest BCUT2D eigenvalue weighted by molar-refractivity contribution is 9.10. The summed E-state index contributed by atoms with van der Waals surface area (Å²) in [5.41, 5.74) is 0. The third-order valence-corrected chi connectivity index (χ3v) is 2.04. The molecule has 0 saturated carbocycles. The van der Waals surface area contributed by atoms with E-state index in [0.717, 1.165) is 10.9 Å². The van der Waals surface area contributed by atoms with Crippen molar-refractivity contribution < 1.29 is 4.74 Å². The molecule has 0 saturated heterocycles. The minimum Gasteiger partial charge on any atom is -0.476 e. The number of nitrogens with one attached hydrogen (secondary N) is 1. The van der Waals surface area contributed by atoms with Gasteiger partial charge in [-0.2, -0.15) is 4.98 Å². The van der Waals surface area contributed by atoms with Gasteiger partial charge in [0.2, 0.25) is 11.8 Å². The Balaban J connectivity index is 2.68. The van der Waals surface area contributed by atoms with E-state index in [1.165, 1.54) is 0 Å². The molecule has 76 valence electrons. The second kappa shape index (κ2) is 5.59. The van der Waals surface area contributed by atoms with E-state index in [0.29, 0.717) is 18.4 Å². The first-order valence-corrected chi connectivity index (χ1v) is 5.01. The number of halogens is 1. The van der Waals surface area contributed by atoms with Gasteiger partial charge in [-0.15, -0.1) is 6.58 Å². The van der Waals surface area contributed by atoms with Crippen LogP contribution in [-0.2, 0) is 0 Å². The Labute approximate surface area is 91.5 Å². The van der Waals surface area contributed by atoms with E-state index in [1.807, 2.05) is 0 Å². The molecule has 0 aliphatic rings. The Morgan fingerprint density at radius 3 is 3.14 bits per heavy atom. The molecule has 0 fully saturated rings. The van der Waals surface area contributed by atoms with Gasteiger partial charge in [-0.25, -0.2) is 4.98 Å². The summed E-state index contributed by atoms with van der Waals surface area (Å²) in [6.45, 7) is 4.18. The van der Waals surface area contributed by atoms with E-state index in [9.17, 15) is 0 Å². The first-order valence-electron chi connectivity index (χ1n) is 4.22. The van der Waals surface area contributed by atoms with Crippen LogP contribution in [0.25, 0.3) is 0 Å². The molecule has 0 bridgehead atoms. The van der Waals surface area contributed by atoms with Crippen molar-refractivity contribution in [3.63, 3.8) is 0 Å². The minimum atomic E-state index is 0.543. The average Bonchev–Trinajstić information content (AvgIpc) is 2.21. The smallest absolute Gasteiger partial charge is 0.232 e. The van der Waals surface area contributed by atoms with Gasteiger partial charge in [-0.05, 0) is 22.4 Å². The molecular weight excluding hydrogens is 246 g/mol. The molecule has 1 aromatic heterocycles. The van der Waals surface area contributed by atoms with Gasteiger partial charge in [-0.3, -0.25) is 0 Å². The van der Waals surface area contributed by atoms with E-state index in [1.54, 1.807) is 19.3 Å². The van der Waals surface area contributed by atoms with Gasteiger partial charge in [0.25, 0.3) is 0 Å². The maximum Gasteiger partial charge on any atom is 0.232 e. The standard InChI is InChI=1S/C9H12BrN3O/c1-3-4-5-14-8-7(10)6-12-9(11-2)13-8/h3,6H,1,4-5H2,2H3,(H,11,12,13). The number of anilines is 1. The largest absolute Gasteiger partial charge is 0.476 e. The molecule has 1 aromatic rings. The van der Waals surface area contributed by atoms with E-state index in [4.69, 9.17) is 4.74 Å². The van der Waals surface area contributed by atoms with E-state index >= 15 is 0 Å². The van der Waals surface area contributed by atoms with Crippen LogP contribution in [0.5, 0.6) is 5.88 Å². The zero-order valence-corrected chi connectivity index (χ0v) is 9.54. The zero-order valence-electron chi connectivity index (χ0n) is 7.96. The molecule has 5 heteroatoms. The van der Waals surface area contributed by atoms with Gasteiger partial charge in [0, 0.05) is 7.05 Å². The van der Waals surface area contributed by atoms with Crippen LogP contribution in [0.2, 0.25) is 0 Å². The van der Waals surface area contributed by atoms with Crippen LogP contribution in [0.3, 0.4) is 0 Å². The van der Waals surface area contributed by atoms with Gasteiger partial charge >= 0.3 is 0 Å². The zero-order chi connectivity index (χ0) is 10.4. The van der Waals surface area contributed by atoms with Gasteiger partial charge in [0.05, 0.1) is 17.3 Å². The second-order valence-corrected chi connectivity index (χ2v) is 3.38. The molecule has 0 atom stereocenters. The normalized spacial score (nSPS) is 9.57. The lowest BCUT2D eigenvalue weighted by Gasteiger charge is -2.06. The third-order valence-electron chi connectivity index (χ3n) is 1.50. The summed E-state index contributed by atoms with van der Waals surface area (Å²) in [5, 5.41) is 2.84. The molecule has 14 heavy (non-hydrogen) atoms. The summed E-state index contributed by atoms with van der Waals surface area (Å²) in [5.74, 6) is 1.09. The average molecular weight is 258 g/mol. The molecule has 0 aliphatic carbocycles. The first-order chi connectivity index (χ1) is 6.77. The quantitative estimate of drug-likeness (QED) is 0.650. The van der Waals surface area contributed by atoms with E-state index < -0.39 is 0 Å². The van der Waals surface area contributed by atoms with Crippen molar-refractivity contribution >= 4 is 21.9 Å². The van der Waals surface area contributed by atoms with Crippen LogP contribution in [0.15, 0.2) is 23.3 Å². The monoisotopic (exact) mass is 257 g/mol. The van der Waals surface area contributed by atoms with E-state index in [-0.39, 0.29) is 0 Å². The van der Waals surface area contributed by atoms with Crippen molar-refractivity contribution in [2.75, 3.05) is 19.0 Å². The SMILES string of the molecule is C=CCCOc1nc(NC)ncc1Br. The fourth-order valence-corrected chi connectivity index (χ4v) is 1.12. The Morgan fingerprint density at radius 2 is 2.50 bits per heavy atom. The van der Waals surface area contributed by atoms with Crippen molar-refractivity contribution in [3.8, 4) is 5.88 Å². The van der Waals surface area contributed by atoms with Gasteiger partial charge in [0.15, 0.2) is 0 Å². The highest BCUT2D eigenvalue weighted by Crippen LogP contribution is 2.22. The number of hydrogen-bond acceptors (Lipinski definition) is 4. The van der Waals surface area contributed by atoms with Crippen LogP contribution in [0.4, 0.5) is 5.95 Å².